The number of carbonyl (C=O) groups is 2. The second kappa shape index (κ2) is 9.84. The summed E-state index contributed by atoms with van der Waals surface area (Å²) in [6, 6.07) is 7.86. The molecule has 0 aromatic heterocycles. The van der Waals surface area contributed by atoms with Gasteiger partial charge in [0.1, 0.15) is 12.4 Å². The summed E-state index contributed by atoms with van der Waals surface area (Å²) in [4.78, 5) is 27.2. The van der Waals surface area contributed by atoms with Crippen molar-refractivity contribution in [3.63, 3.8) is 0 Å². The van der Waals surface area contributed by atoms with Crippen molar-refractivity contribution in [3.05, 3.63) is 73.9 Å². The molecule has 1 aliphatic heterocycles. The second-order valence-corrected chi connectivity index (χ2v) is 8.44. The lowest BCUT2D eigenvalue weighted by Gasteiger charge is -2.35. The van der Waals surface area contributed by atoms with Crippen molar-refractivity contribution in [2.45, 2.75) is 33.7 Å². The van der Waals surface area contributed by atoms with Crippen LogP contribution < -0.4 is 10.1 Å². The molecule has 0 bridgehead atoms. The highest BCUT2D eigenvalue weighted by Gasteiger charge is 2.38. The number of esters is 1. The minimum Gasteiger partial charge on any atom is -0.487 e. The summed E-state index contributed by atoms with van der Waals surface area (Å²) in [6.07, 6.45) is 0. The van der Waals surface area contributed by atoms with Crippen molar-refractivity contribution < 1.29 is 19.1 Å². The lowest BCUT2D eigenvalue weighted by atomic mass is 9.94. The van der Waals surface area contributed by atoms with Crippen molar-refractivity contribution in [1.82, 2.24) is 10.2 Å². The Balaban J connectivity index is 2.11. The Morgan fingerprint density at radius 2 is 1.91 bits per heavy atom. The van der Waals surface area contributed by atoms with Crippen LogP contribution in [0.2, 0.25) is 10.0 Å². The molecule has 0 saturated heterocycles. The van der Waals surface area contributed by atoms with Crippen LogP contribution in [0.4, 0.5) is 4.79 Å². The maximum atomic E-state index is 13.0. The number of hydrogen-bond acceptors (Lipinski definition) is 4. The summed E-state index contributed by atoms with van der Waals surface area (Å²) in [5, 5.41) is 3.41. The SMILES string of the molecule is CCOC(=O)C1=C(COc2cc(C)cc(C)c2C)N(C)C(=O)N[C@@H]1c1cccc(Cl)c1Cl. The number of likely N-dealkylation sites (N-methyl/N-ethyl adjacent to an activating group) is 1. The van der Waals surface area contributed by atoms with E-state index in [1.165, 1.54) is 4.90 Å². The van der Waals surface area contributed by atoms with Crippen LogP contribution in [0.3, 0.4) is 0 Å². The Morgan fingerprint density at radius 3 is 2.59 bits per heavy atom. The molecule has 0 unspecified atom stereocenters. The number of nitrogens with zero attached hydrogens (tertiary/aromatic N) is 1. The molecule has 6 nitrogen and oxygen atoms in total. The van der Waals surface area contributed by atoms with E-state index < -0.39 is 18.0 Å². The fourth-order valence-corrected chi connectivity index (χ4v) is 4.07. The van der Waals surface area contributed by atoms with Gasteiger partial charge >= 0.3 is 12.0 Å². The van der Waals surface area contributed by atoms with E-state index in [0.717, 1.165) is 16.7 Å². The molecule has 2 aromatic carbocycles. The third-order valence-electron chi connectivity index (χ3n) is 5.49. The van der Waals surface area contributed by atoms with Gasteiger partial charge in [-0.2, -0.15) is 0 Å². The molecule has 1 N–H and O–H groups in total. The van der Waals surface area contributed by atoms with Crippen LogP contribution in [0.15, 0.2) is 41.6 Å². The molecule has 0 spiro atoms. The Morgan fingerprint density at radius 1 is 1.19 bits per heavy atom. The monoisotopic (exact) mass is 476 g/mol. The third kappa shape index (κ3) is 4.71. The van der Waals surface area contributed by atoms with Gasteiger partial charge in [-0.1, -0.05) is 41.4 Å². The minimum atomic E-state index is -0.831. The van der Waals surface area contributed by atoms with Gasteiger partial charge in [0.15, 0.2) is 0 Å². The van der Waals surface area contributed by atoms with Crippen LogP contribution >= 0.6 is 23.2 Å². The van der Waals surface area contributed by atoms with Gasteiger partial charge in [-0.15, -0.1) is 0 Å². The summed E-state index contributed by atoms with van der Waals surface area (Å²) in [5.74, 6) is 0.131. The van der Waals surface area contributed by atoms with E-state index >= 15 is 0 Å². The van der Waals surface area contributed by atoms with Crippen LogP contribution in [-0.2, 0) is 9.53 Å². The average molecular weight is 477 g/mol. The van der Waals surface area contributed by atoms with E-state index in [9.17, 15) is 9.59 Å². The van der Waals surface area contributed by atoms with Crippen molar-refractivity contribution in [2.24, 2.45) is 0 Å². The molecule has 1 aliphatic rings. The van der Waals surface area contributed by atoms with Crippen molar-refractivity contribution in [3.8, 4) is 5.75 Å². The van der Waals surface area contributed by atoms with E-state index in [0.29, 0.717) is 22.0 Å². The van der Waals surface area contributed by atoms with E-state index in [4.69, 9.17) is 32.7 Å². The van der Waals surface area contributed by atoms with Gasteiger partial charge in [-0.25, -0.2) is 9.59 Å². The van der Waals surface area contributed by atoms with Crippen LogP contribution in [0, 0.1) is 20.8 Å². The molecule has 2 amide bonds. The highest BCUT2D eigenvalue weighted by molar-refractivity contribution is 6.42. The largest absolute Gasteiger partial charge is 0.487 e. The summed E-state index contributed by atoms with van der Waals surface area (Å²) < 4.78 is 11.4. The average Bonchev–Trinajstić information content (AvgIpc) is 2.74. The summed E-state index contributed by atoms with van der Waals surface area (Å²) >= 11 is 12.6. The lowest BCUT2D eigenvalue weighted by molar-refractivity contribution is -0.139. The first-order valence-corrected chi connectivity index (χ1v) is 11.0. The first kappa shape index (κ1) is 24.0. The Hall–Kier alpha value is -2.70. The zero-order valence-electron chi connectivity index (χ0n) is 18.7. The number of nitrogens with one attached hydrogen (secondary N) is 1. The normalized spacial score (nSPS) is 16.2. The number of hydrogen-bond donors (Lipinski definition) is 1. The van der Waals surface area contributed by atoms with Crippen molar-refractivity contribution in [1.29, 1.82) is 0 Å². The topological polar surface area (TPSA) is 67.9 Å². The number of ether oxygens (including phenoxy) is 2. The zero-order chi connectivity index (χ0) is 23.6. The molecule has 170 valence electrons. The molecule has 1 atom stereocenters. The molecule has 3 rings (SSSR count). The van der Waals surface area contributed by atoms with Crippen LogP contribution in [0.1, 0.15) is 35.2 Å². The standard InChI is InChI=1S/C24H26Cl2N2O4/c1-6-31-23(29)20-18(12-32-19-11-13(2)10-14(3)15(19)4)28(5)24(30)27-22(20)16-8-7-9-17(25)21(16)26/h7-11,22H,6,12H2,1-5H3,(H,27,30)/t22-/m1/s1. The molecule has 0 saturated carbocycles. The number of amides is 2. The van der Waals surface area contributed by atoms with E-state index in [2.05, 4.69) is 11.4 Å². The van der Waals surface area contributed by atoms with E-state index in [1.54, 1.807) is 32.2 Å². The number of halogens is 2. The van der Waals surface area contributed by atoms with Crippen LogP contribution in [0.5, 0.6) is 5.75 Å². The molecule has 32 heavy (non-hydrogen) atoms. The number of rotatable bonds is 6. The first-order valence-electron chi connectivity index (χ1n) is 10.2. The van der Waals surface area contributed by atoms with E-state index in [-0.39, 0.29) is 23.8 Å². The van der Waals surface area contributed by atoms with E-state index in [1.807, 2.05) is 26.8 Å². The molecule has 0 aliphatic carbocycles. The van der Waals surface area contributed by atoms with Gasteiger partial charge in [0.2, 0.25) is 0 Å². The highest BCUT2D eigenvalue weighted by Crippen LogP contribution is 2.37. The molecule has 2 aromatic rings. The molecule has 0 fully saturated rings. The predicted octanol–water partition coefficient (Wildman–Crippen LogP) is 5.51. The fraction of sp³-hybridized carbons (Fsp3) is 0.333. The summed E-state index contributed by atoms with van der Waals surface area (Å²) in [7, 11) is 1.58. The third-order valence-corrected chi connectivity index (χ3v) is 6.33. The molecule has 0 radical (unpaired) electrons. The Kier molecular flexibility index (Phi) is 7.36. The van der Waals surface area contributed by atoms with Gasteiger partial charge in [-0.05, 0) is 62.1 Å². The maximum absolute atomic E-state index is 13.0. The maximum Gasteiger partial charge on any atom is 0.338 e. The van der Waals surface area contributed by atoms with Crippen LogP contribution in [0.25, 0.3) is 0 Å². The lowest BCUT2D eigenvalue weighted by Crippen LogP contribution is -2.48. The first-order chi connectivity index (χ1) is 15.1. The summed E-state index contributed by atoms with van der Waals surface area (Å²) in [5.41, 5.74) is 4.29. The number of aryl methyl sites for hydroxylation is 2. The Bertz CT molecular complexity index is 1100. The van der Waals surface area contributed by atoms with Crippen molar-refractivity contribution >= 4 is 35.2 Å². The number of urea groups is 1. The number of carbonyl (C=O) groups excluding carboxylic acids is 2. The fourth-order valence-electron chi connectivity index (χ4n) is 3.65. The van der Waals surface area contributed by atoms with Crippen molar-refractivity contribution in [2.75, 3.05) is 20.3 Å². The second-order valence-electron chi connectivity index (χ2n) is 7.66. The predicted molar refractivity (Wildman–Crippen MR) is 125 cm³/mol. The molecular formula is C24H26Cl2N2O4. The quantitative estimate of drug-likeness (QED) is 0.557. The molecule has 8 heteroatoms. The highest BCUT2D eigenvalue weighted by atomic mass is 35.5. The molecular weight excluding hydrogens is 451 g/mol. The Labute approximate surface area is 198 Å². The van der Waals surface area contributed by atoms with Gasteiger partial charge < -0.3 is 14.8 Å². The number of benzene rings is 2. The molecule has 1 heterocycles. The van der Waals surface area contributed by atoms with Gasteiger partial charge in [0.25, 0.3) is 0 Å². The minimum absolute atomic E-state index is 0.00349. The summed E-state index contributed by atoms with van der Waals surface area (Å²) in [6.45, 7) is 7.86. The van der Waals surface area contributed by atoms with Gasteiger partial charge in [-0.3, -0.25) is 4.90 Å². The zero-order valence-corrected chi connectivity index (χ0v) is 20.2. The van der Waals surface area contributed by atoms with Crippen LogP contribution in [-0.4, -0.2) is 37.2 Å². The van der Waals surface area contributed by atoms with Gasteiger partial charge in [0.05, 0.1) is 34.0 Å². The smallest absolute Gasteiger partial charge is 0.338 e. The van der Waals surface area contributed by atoms with Gasteiger partial charge in [0, 0.05) is 7.05 Å².